The zero-order valence-corrected chi connectivity index (χ0v) is 16.8. The van der Waals surface area contributed by atoms with Gasteiger partial charge in [-0.3, -0.25) is 0 Å². The lowest BCUT2D eigenvalue weighted by molar-refractivity contribution is -0.158. The zero-order valence-electron chi connectivity index (χ0n) is 15.1. The van der Waals surface area contributed by atoms with Crippen LogP contribution in [0.5, 0.6) is 0 Å². The Morgan fingerprint density at radius 2 is 1.26 bits per heavy atom. The number of halogens is 9. The van der Waals surface area contributed by atoms with Crippen molar-refractivity contribution in [2.45, 2.75) is 60.0 Å². The summed E-state index contributed by atoms with van der Waals surface area (Å²) < 4.78 is 162. The molecule has 0 aliphatic heterocycles. The predicted molar refractivity (Wildman–Crippen MR) is 85.4 cm³/mol. The second-order valence-electron chi connectivity index (χ2n) is 6.61. The normalized spacial score (nSPS) is 18.3. The van der Waals surface area contributed by atoms with Crippen LogP contribution in [-0.2, 0) is 29.2 Å². The van der Waals surface area contributed by atoms with E-state index in [4.69, 9.17) is 0 Å². The number of rotatable bonds is 7. The van der Waals surface area contributed by atoms with Gasteiger partial charge in [0.2, 0.25) is 0 Å². The molecule has 1 rings (SSSR count). The van der Waals surface area contributed by atoms with Crippen molar-refractivity contribution in [3.8, 4) is 0 Å². The van der Waals surface area contributed by atoms with Gasteiger partial charge in [0.05, 0.1) is 0 Å². The van der Waals surface area contributed by atoms with E-state index in [1.807, 2.05) is 0 Å². The van der Waals surface area contributed by atoms with Gasteiger partial charge >= 0.3 is 23.2 Å². The van der Waals surface area contributed by atoms with E-state index in [9.17, 15) is 61.1 Å². The van der Waals surface area contributed by atoms with E-state index in [1.54, 1.807) is 0 Å². The Kier molecular flexibility index (Phi) is 7.80. The Hall–Kier alpha value is -1.52. The van der Waals surface area contributed by atoms with Gasteiger partial charge < -0.3 is 4.74 Å². The monoisotopic (exact) mass is 514 g/mol. The van der Waals surface area contributed by atoms with E-state index in [0.29, 0.717) is 0 Å². The number of carbonyl (C=O) groups excluding carboxylic acids is 1. The van der Waals surface area contributed by atoms with Crippen LogP contribution in [0.15, 0.2) is 12.2 Å². The Labute approximate surface area is 170 Å². The van der Waals surface area contributed by atoms with E-state index in [2.05, 4.69) is 11.3 Å². The first-order valence-corrected chi connectivity index (χ1v) is 11.3. The van der Waals surface area contributed by atoms with Gasteiger partial charge in [-0.15, -0.1) is 0 Å². The number of esters is 1. The van der Waals surface area contributed by atoms with Gasteiger partial charge in [0.25, 0.3) is 19.7 Å². The van der Waals surface area contributed by atoms with E-state index in [0.717, 1.165) is 0 Å². The Bertz CT molecular complexity index is 850. The highest BCUT2D eigenvalue weighted by molar-refractivity contribution is 8.09. The second-order valence-corrected chi connectivity index (χ2v) is 11.2. The summed E-state index contributed by atoms with van der Waals surface area (Å²) in [6, 6.07) is 0. The van der Waals surface area contributed by atoms with E-state index < -0.39 is 71.4 Å². The zero-order chi connectivity index (χ0) is 24.6. The Morgan fingerprint density at radius 3 is 1.58 bits per heavy atom. The van der Waals surface area contributed by atoms with Gasteiger partial charge in [0.15, 0.2) is 4.58 Å². The molecule has 1 unspecified atom stereocenters. The largest absolute Gasteiger partial charge is 0.498 e. The number of hydrogen-bond donors (Lipinski definition) is 0. The van der Waals surface area contributed by atoms with Gasteiger partial charge in [-0.2, -0.15) is 39.5 Å². The molecule has 6 nitrogen and oxygen atoms in total. The van der Waals surface area contributed by atoms with Crippen LogP contribution in [0.25, 0.3) is 0 Å². The molecule has 0 N–H and O–H groups in total. The van der Waals surface area contributed by atoms with E-state index in [1.165, 1.54) is 0 Å². The minimum absolute atomic E-state index is 0.0682. The average Bonchev–Trinajstić information content (AvgIpc) is 3.08. The van der Waals surface area contributed by atoms with Crippen molar-refractivity contribution >= 4 is 25.6 Å². The van der Waals surface area contributed by atoms with Crippen molar-refractivity contribution < 1.29 is 65.9 Å². The van der Waals surface area contributed by atoms with Gasteiger partial charge in [-0.25, -0.2) is 21.6 Å². The summed E-state index contributed by atoms with van der Waals surface area (Å²) in [6.07, 6.45) is -9.31. The van der Waals surface area contributed by atoms with Crippen LogP contribution < -0.4 is 0 Å². The highest BCUT2D eigenvalue weighted by atomic mass is 32.3. The van der Waals surface area contributed by atoms with Crippen LogP contribution in [0.2, 0.25) is 0 Å². The molecule has 0 aromatic heterocycles. The summed E-state index contributed by atoms with van der Waals surface area (Å²) in [7, 11) is -14.1. The molecule has 17 heteroatoms. The molecule has 0 aromatic carbocycles. The smallest absolute Gasteiger partial charge is 0.458 e. The molecule has 31 heavy (non-hydrogen) atoms. The average molecular weight is 514 g/mol. The molecule has 0 radical (unpaired) electrons. The van der Waals surface area contributed by atoms with Crippen LogP contribution >= 0.6 is 0 Å². The van der Waals surface area contributed by atoms with Crippen molar-refractivity contribution in [2.75, 3.05) is 0 Å². The van der Waals surface area contributed by atoms with Crippen molar-refractivity contribution in [1.29, 1.82) is 0 Å². The molecule has 1 atom stereocenters. The van der Waals surface area contributed by atoms with Crippen molar-refractivity contribution in [3.05, 3.63) is 12.2 Å². The second kappa shape index (κ2) is 8.78. The lowest BCUT2D eigenvalue weighted by Crippen LogP contribution is -2.47. The molecule has 1 fully saturated rings. The summed E-state index contributed by atoms with van der Waals surface area (Å²) >= 11 is 0. The van der Waals surface area contributed by atoms with Crippen molar-refractivity contribution in [2.24, 2.45) is 5.92 Å². The standard InChI is InChI=1S/C14H15F9O6S2/c1-7(12(15,16)17)11(24)29-9(8-4-2-3-5-8)6-10(30(25,26)13(18,19)20)31(27,28)14(21,22)23/h8-10H,1-6H2. The van der Waals surface area contributed by atoms with Crippen LogP contribution in [0, 0.1) is 5.92 Å². The number of sulfone groups is 2. The van der Waals surface area contributed by atoms with Crippen LogP contribution in [0.4, 0.5) is 39.5 Å². The van der Waals surface area contributed by atoms with Crippen LogP contribution in [0.3, 0.4) is 0 Å². The minimum atomic E-state index is -7.03. The molecule has 0 spiro atoms. The quantitative estimate of drug-likeness (QED) is 0.292. The SMILES string of the molecule is C=C(C(=O)OC(CC(S(=O)(=O)C(F)(F)F)S(=O)(=O)C(F)(F)F)C1CCCC1)C(F)(F)F. The maximum absolute atomic E-state index is 12.9. The van der Waals surface area contributed by atoms with Gasteiger partial charge in [-0.1, -0.05) is 19.4 Å². The Morgan fingerprint density at radius 1 is 0.871 bits per heavy atom. The molecule has 1 aliphatic carbocycles. The molecular formula is C14H15F9O6S2. The molecule has 182 valence electrons. The third-order valence-corrected chi connectivity index (χ3v) is 9.11. The lowest BCUT2D eigenvalue weighted by atomic mass is 9.98. The number of carbonyl (C=O) groups is 1. The molecule has 0 amide bonds. The molecule has 1 aliphatic rings. The fourth-order valence-corrected chi connectivity index (χ4v) is 6.37. The molecular weight excluding hydrogens is 499 g/mol. The van der Waals surface area contributed by atoms with Crippen LogP contribution in [-0.4, -0.2) is 50.7 Å². The summed E-state index contributed by atoms with van der Waals surface area (Å²) in [5.74, 6) is -3.45. The minimum Gasteiger partial charge on any atom is -0.458 e. The summed E-state index contributed by atoms with van der Waals surface area (Å²) in [6.45, 7) is 2.36. The third-order valence-electron chi connectivity index (χ3n) is 4.53. The molecule has 0 saturated heterocycles. The van der Waals surface area contributed by atoms with Crippen molar-refractivity contribution in [1.82, 2.24) is 0 Å². The summed E-state index contributed by atoms with van der Waals surface area (Å²) in [4.78, 5) is 11.6. The maximum Gasteiger partial charge on any atom is 0.498 e. The van der Waals surface area contributed by atoms with Gasteiger partial charge in [0, 0.05) is 6.42 Å². The molecule has 0 aromatic rings. The highest BCUT2D eigenvalue weighted by Gasteiger charge is 2.63. The molecule has 0 heterocycles. The third kappa shape index (κ3) is 6.04. The first-order chi connectivity index (χ1) is 13.6. The van der Waals surface area contributed by atoms with Crippen molar-refractivity contribution in [3.63, 3.8) is 0 Å². The summed E-state index contributed by atoms with van der Waals surface area (Å²) in [5.41, 5.74) is -15.1. The Balaban J connectivity index is 3.48. The topological polar surface area (TPSA) is 94.6 Å². The fraction of sp³-hybridized carbons (Fsp3) is 0.786. The van der Waals surface area contributed by atoms with Gasteiger partial charge in [0.1, 0.15) is 11.7 Å². The fourth-order valence-electron chi connectivity index (χ4n) is 2.90. The maximum atomic E-state index is 12.9. The van der Waals surface area contributed by atoms with Crippen LogP contribution in [0.1, 0.15) is 32.1 Å². The number of alkyl halides is 9. The predicted octanol–water partition coefficient (Wildman–Crippen LogP) is 3.79. The van der Waals surface area contributed by atoms with E-state index in [-0.39, 0.29) is 25.7 Å². The number of hydrogen-bond acceptors (Lipinski definition) is 6. The van der Waals surface area contributed by atoms with E-state index >= 15 is 0 Å². The summed E-state index contributed by atoms with van der Waals surface area (Å²) in [5, 5.41) is 0. The number of ether oxygens (including phenoxy) is 1. The lowest BCUT2D eigenvalue weighted by Gasteiger charge is -2.28. The molecule has 0 bridgehead atoms. The molecule has 1 saturated carbocycles. The first kappa shape index (κ1) is 27.5. The first-order valence-electron chi connectivity index (χ1n) is 8.21. The van der Waals surface area contributed by atoms with Gasteiger partial charge in [-0.05, 0) is 18.8 Å². The highest BCUT2D eigenvalue weighted by Crippen LogP contribution is 2.41.